The summed E-state index contributed by atoms with van der Waals surface area (Å²) in [6, 6.07) is 1.05. The monoisotopic (exact) mass is 178 g/mol. The van der Waals surface area contributed by atoms with Crippen molar-refractivity contribution in [2.75, 3.05) is 0 Å². The fourth-order valence-corrected chi connectivity index (χ4v) is 2.44. The van der Waals surface area contributed by atoms with Crippen LogP contribution in [0, 0.1) is 0 Å². The zero-order valence-electron chi connectivity index (χ0n) is 8.96. The predicted molar refractivity (Wildman–Crippen MR) is 55.8 cm³/mol. The molecule has 0 spiro atoms. The molecule has 13 heavy (non-hydrogen) atoms. The minimum Gasteiger partial charge on any atom is -0.331 e. The molecule has 2 aliphatic rings. The maximum absolute atomic E-state index is 4.64. The molecular weight excluding hydrogens is 160 g/mol. The summed E-state index contributed by atoms with van der Waals surface area (Å²) in [7, 11) is 0. The van der Waals surface area contributed by atoms with Crippen molar-refractivity contribution in [1.82, 2.24) is 4.90 Å². The Labute approximate surface area is 80.3 Å². The molecule has 0 saturated carbocycles. The Balaban J connectivity index is 2.41. The van der Waals surface area contributed by atoms with Crippen LogP contribution in [0.4, 0.5) is 0 Å². The Hall–Kier alpha value is -0.790. The van der Waals surface area contributed by atoms with Gasteiger partial charge in [0.15, 0.2) is 0 Å². The van der Waals surface area contributed by atoms with E-state index in [0.29, 0.717) is 12.1 Å². The van der Waals surface area contributed by atoms with Crippen LogP contribution in [-0.2, 0) is 0 Å². The van der Waals surface area contributed by atoms with Gasteiger partial charge in [0.2, 0.25) is 0 Å². The maximum Gasteiger partial charge on any atom is 0.101 e. The predicted octanol–water partition coefficient (Wildman–Crippen LogP) is 2.57. The van der Waals surface area contributed by atoms with E-state index < -0.39 is 0 Å². The van der Waals surface area contributed by atoms with Crippen molar-refractivity contribution >= 4 is 5.84 Å². The van der Waals surface area contributed by atoms with Gasteiger partial charge >= 0.3 is 0 Å². The number of amidine groups is 1. The first-order valence-electron chi connectivity index (χ1n) is 5.14. The lowest BCUT2D eigenvalue weighted by Gasteiger charge is -2.32. The van der Waals surface area contributed by atoms with E-state index in [-0.39, 0.29) is 0 Å². The lowest BCUT2D eigenvalue weighted by molar-refractivity contribution is 0.438. The van der Waals surface area contributed by atoms with Crippen molar-refractivity contribution in [1.29, 1.82) is 0 Å². The highest BCUT2D eigenvalue weighted by Crippen LogP contribution is 2.34. The quantitative estimate of drug-likeness (QED) is 0.556. The van der Waals surface area contributed by atoms with Crippen molar-refractivity contribution < 1.29 is 0 Å². The van der Waals surface area contributed by atoms with E-state index in [4.69, 9.17) is 0 Å². The van der Waals surface area contributed by atoms with Crippen LogP contribution in [0.15, 0.2) is 16.3 Å². The molecule has 2 atom stereocenters. The number of hydrogen-bond donors (Lipinski definition) is 0. The Morgan fingerprint density at radius 3 is 2.69 bits per heavy atom. The fraction of sp³-hybridized carbons (Fsp3) is 0.727. The number of hydrogen-bond acceptors (Lipinski definition) is 2. The minimum atomic E-state index is 0.400. The zero-order valence-corrected chi connectivity index (χ0v) is 8.96. The zero-order chi connectivity index (χ0) is 9.59. The van der Waals surface area contributed by atoms with E-state index >= 15 is 0 Å². The normalized spacial score (nSPS) is 33.5. The molecule has 2 heterocycles. The molecule has 0 radical (unpaired) electrons. The summed E-state index contributed by atoms with van der Waals surface area (Å²) in [4.78, 5) is 7.05. The number of allylic oxidation sites excluding steroid dienone is 1. The first-order valence-corrected chi connectivity index (χ1v) is 5.14. The van der Waals surface area contributed by atoms with Gasteiger partial charge in [-0.15, -0.1) is 0 Å². The molecule has 2 unspecified atom stereocenters. The van der Waals surface area contributed by atoms with Crippen LogP contribution in [0.2, 0.25) is 0 Å². The highest BCUT2D eigenvalue weighted by atomic mass is 15.3. The highest BCUT2D eigenvalue weighted by Gasteiger charge is 2.31. The molecule has 0 aromatic rings. The van der Waals surface area contributed by atoms with Crippen molar-refractivity contribution in [3.8, 4) is 0 Å². The first kappa shape index (κ1) is 8.79. The molecular formula is C11H18N2. The third kappa shape index (κ3) is 1.19. The molecule has 0 aliphatic carbocycles. The van der Waals surface area contributed by atoms with Gasteiger partial charge in [-0.05, 0) is 46.1 Å². The number of nitrogens with zero attached hydrogens (tertiary/aromatic N) is 2. The van der Waals surface area contributed by atoms with Gasteiger partial charge in [0, 0.05) is 11.7 Å². The molecule has 2 aliphatic heterocycles. The Kier molecular flexibility index (Phi) is 1.94. The molecule has 0 bridgehead atoms. The van der Waals surface area contributed by atoms with Gasteiger partial charge in [-0.25, -0.2) is 0 Å². The van der Waals surface area contributed by atoms with Crippen LogP contribution in [0.1, 0.15) is 40.5 Å². The molecule has 0 aromatic heterocycles. The van der Waals surface area contributed by atoms with E-state index in [1.165, 1.54) is 29.9 Å². The van der Waals surface area contributed by atoms with Crippen LogP contribution in [-0.4, -0.2) is 22.8 Å². The van der Waals surface area contributed by atoms with Gasteiger partial charge in [0.25, 0.3) is 0 Å². The molecule has 0 amide bonds. The lowest BCUT2D eigenvalue weighted by atomic mass is 10.1. The average Bonchev–Trinajstić information content (AvgIpc) is 2.44. The largest absolute Gasteiger partial charge is 0.331 e. The summed E-state index contributed by atoms with van der Waals surface area (Å²) in [5, 5.41) is 0. The summed E-state index contributed by atoms with van der Waals surface area (Å²) in [5.41, 5.74) is 3.00. The second-order valence-electron chi connectivity index (χ2n) is 4.24. The molecule has 72 valence electrons. The molecule has 2 nitrogen and oxygen atoms in total. The van der Waals surface area contributed by atoms with Gasteiger partial charge in [0.05, 0.1) is 6.04 Å². The van der Waals surface area contributed by atoms with Gasteiger partial charge < -0.3 is 4.90 Å². The van der Waals surface area contributed by atoms with E-state index in [9.17, 15) is 0 Å². The van der Waals surface area contributed by atoms with Crippen LogP contribution in [0.25, 0.3) is 0 Å². The standard InChI is InChI=1S/C11H18N2/c1-7-5-6-11-8(2)9(3)12-10(4)13(7)11/h7,9H,5-6H2,1-4H3. The number of rotatable bonds is 0. The summed E-state index contributed by atoms with van der Waals surface area (Å²) in [6.07, 6.45) is 2.52. The molecule has 2 heteroatoms. The first-order chi connectivity index (χ1) is 6.11. The van der Waals surface area contributed by atoms with Crippen molar-refractivity contribution in [2.24, 2.45) is 4.99 Å². The average molecular weight is 178 g/mol. The molecule has 1 fully saturated rings. The van der Waals surface area contributed by atoms with Gasteiger partial charge in [-0.1, -0.05) is 0 Å². The third-order valence-corrected chi connectivity index (χ3v) is 3.34. The van der Waals surface area contributed by atoms with Gasteiger partial charge in [-0.3, -0.25) is 4.99 Å². The lowest BCUT2D eigenvalue weighted by Crippen LogP contribution is -2.35. The minimum absolute atomic E-state index is 0.400. The van der Waals surface area contributed by atoms with Crippen molar-refractivity contribution in [3.05, 3.63) is 11.3 Å². The van der Waals surface area contributed by atoms with Crippen LogP contribution in [0.3, 0.4) is 0 Å². The smallest absolute Gasteiger partial charge is 0.101 e. The summed E-state index contributed by atoms with van der Waals surface area (Å²) < 4.78 is 0. The van der Waals surface area contributed by atoms with E-state index in [1.54, 1.807) is 0 Å². The SMILES string of the molecule is CC1=NC(C)C(C)=C2CCC(C)N12. The summed E-state index contributed by atoms with van der Waals surface area (Å²) >= 11 is 0. The van der Waals surface area contributed by atoms with Gasteiger partial charge in [0.1, 0.15) is 5.84 Å². The molecule has 1 saturated heterocycles. The van der Waals surface area contributed by atoms with Crippen LogP contribution < -0.4 is 0 Å². The third-order valence-electron chi connectivity index (χ3n) is 3.34. The number of aliphatic imine (C=N–C) groups is 1. The Morgan fingerprint density at radius 1 is 1.31 bits per heavy atom. The van der Waals surface area contributed by atoms with Crippen molar-refractivity contribution in [3.63, 3.8) is 0 Å². The van der Waals surface area contributed by atoms with Gasteiger partial charge in [-0.2, -0.15) is 0 Å². The summed E-state index contributed by atoms with van der Waals surface area (Å²) in [6.45, 7) is 8.83. The van der Waals surface area contributed by atoms with E-state index in [0.717, 1.165) is 0 Å². The molecule has 2 rings (SSSR count). The topological polar surface area (TPSA) is 15.6 Å². The van der Waals surface area contributed by atoms with Crippen LogP contribution >= 0.6 is 0 Å². The molecule has 0 aromatic carbocycles. The summed E-state index contributed by atoms with van der Waals surface area (Å²) in [5.74, 6) is 1.21. The highest BCUT2D eigenvalue weighted by molar-refractivity contribution is 5.84. The Bertz CT molecular complexity index is 288. The van der Waals surface area contributed by atoms with Crippen molar-refractivity contribution in [2.45, 2.75) is 52.6 Å². The van der Waals surface area contributed by atoms with E-state index in [2.05, 4.69) is 37.6 Å². The van der Waals surface area contributed by atoms with Crippen LogP contribution in [0.5, 0.6) is 0 Å². The van der Waals surface area contributed by atoms with E-state index in [1.807, 2.05) is 0 Å². The molecule has 0 N–H and O–H groups in total. The second kappa shape index (κ2) is 2.86. The Morgan fingerprint density at radius 2 is 2.00 bits per heavy atom. The second-order valence-corrected chi connectivity index (χ2v) is 4.24. The number of fused-ring (bicyclic) bond motifs is 1. The fourth-order valence-electron chi connectivity index (χ4n) is 2.44. The maximum atomic E-state index is 4.64.